The average molecular weight is 332 g/mol. The van der Waals surface area contributed by atoms with Gasteiger partial charge in [0.2, 0.25) is 5.91 Å². The molecule has 0 aromatic heterocycles. The van der Waals surface area contributed by atoms with Crippen LogP contribution in [-0.2, 0) is 9.59 Å². The van der Waals surface area contributed by atoms with Gasteiger partial charge in [-0.3, -0.25) is 14.4 Å². The van der Waals surface area contributed by atoms with E-state index in [0.717, 1.165) is 19.4 Å². The van der Waals surface area contributed by atoms with Gasteiger partial charge in [0.25, 0.3) is 5.91 Å². The van der Waals surface area contributed by atoms with Crippen molar-refractivity contribution >= 4 is 23.3 Å². The molecule has 0 spiro atoms. The molecule has 1 aromatic rings. The zero-order valence-electron chi connectivity index (χ0n) is 14.5. The van der Waals surface area contributed by atoms with Gasteiger partial charge in [-0.15, -0.1) is 0 Å². The molecule has 2 amide bonds. The number of ether oxygens (including phenoxy) is 1. The highest BCUT2D eigenvalue weighted by Gasteiger charge is 2.27. The number of Topliss-reactive ketones (excluding diaryl/α,β-unsaturated/α-hetero) is 1. The molecule has 0 bridgehead atoms. The van der Waals surface area contributed by atoms with Crippen LogP contribution in [0.4, 0.5) is 5.69 Å². The van der Waals surface area contributed by atoms with Gasteiger partial charge in [-0.2, -0.15) is 0 Å². The molecule has 130 valence electrons. The second-order valence-electron chi connectivity index (χ2n) is 5.99. The molecule has 0 saturated heterocycles. The highest BCUT2D eigenvalue weighted by atomic mass is 16.5. The van der Waals surface area contributed by atoms with E-state index in [1.54, 1.807) is 30.1 Å². The Morgan fingerprint density at radius 2 is 2.08 bits per heavy atom. The number of nitrogens with zero attached hydrogens (tertiary/aromatic N) is 2. The molecule has 6 heteroatoms. The molecule has 1 aromatic carbocycles. The second kappa shape index (κ2) is 7.95. The standard InChI is InChI=1S/C18H24N2O4/c1-4-5-9-19(3)17(22)8-10-20-15-11-14(13(2)21)6-7-16(15)24-12-18(20)23/h6-7,11H,4-5,8-10,12H2,1-3H3. The minimum atomic E-state index is -0.202. The Balaban J connectivity index is 2.10. The minimum Gasteiger partial charge on any atom is -0.482 e. The Morgan fingerprint density at radius 1 is 1.33 bits per heavy atom. The molecule has 0 N–H and O–H groups in total. The fourth-order valence-corrected chi connectivity index (χ4v) is 2.58. The number of ketones is 1. The van der Waals surface area contributed by atoms with Crippen LogP contribution >= 0.6 is 0 Å². The van der Waals surface area contributed by atoms with Gasteiger partial charge < -0.3 is 14.5 Å². The Bertz CT molecular complexity index is 642. The summed E-state index contributed by atoms with van der Waals surface area (Å²) in [6.07, 6.45) is 2.24. The molecule has 0 saturated carbocycles. The van der Waals surface area contributed by atoms with Crippen molar-refractivity contribution in [3.05, 3.63) is 23.8 Å². The van der Waals surface area contributed by atoms with E-state index in [1.165, 1.54) is 11.8 Å². The smallest absolute Gasteiger partial charge is 0.265 e. The lowest BCUT2D eigenvalue weighted by Gasteiger charge is -2.30. The quantitative estimate of drug-likeness (QED) is 0.718. The summed E-state index contributed by atoms with van der Waals surface area (Å²) in [7, 11) is 1.78. The first-order chi connectivity index (χ1) is 11.4. The van der Waals surface area contributed by atoms with E-state index in [2.05, 4.69) is 6.92 Å². The van der Waals surface area contributed by atoms with Gasteiger partial charge in [0.05, 0.1) is 5.69 Å². The number of benzene rings is 1. The fourth-order valence-electron chi connectivity index (χ4n) is 2.58. The number of carbonyl (C=O) groups excluding carboxylic acids is 3. The number of amides is 2. The van der Waals surface area contributed by atoms with Crippen molar-refractivity contribution in [3.8, 4) is 5.75 Å². The molecule has 2 rings (SSSR count). The molecule has 0 radical (unpaired) electrons. The average Bonchev–Trinajstić information content (AvgIpc) is 2.57. The summed E-state index contributed by atoms with van der Waals surface area (Å²) in [5, 5.41) is 0. The number of carbonyl (C=O) groups is 3. The third kappa shape index (κ3) is 4.13. The molecule has 0 atom stereocenters. The van der Waals surface area contributed by atoms with Crippen LogP contribution in [0, 0.1) is 0 Å². The van der Waals surface area contributed by atoms with Gasteiger partial charge in [-0.05, 0) is 31.5 Å². The maximum atomic E-state index is 12.2. The summed E-state index contributed by atoms with van der Waals surface area (Å²) < 4.78 is 5.41. The maximum Gasteiger partial charge on any atom is 0.265 e. The monoisotopic (exact) mass is 332 g/mol. The zero-order valence-corrected chi connectivity index (χ0v) is 14.5. The van der Waals surface area contributed by atoms with Crippen LogP contribution in [0.25, 0.3) is 0 Å². The molecule has 6 nitrogen and oxygen atoms in total. The van der Waals surface area contributed by atoms with Gasteiger partial charge in [0.1, 0.15) is 5.75 Å². The summed E-state index contributed by atoms with van der Waals surface area (Å²) in [5.74, 6) is 0.289. The first kappa shape index (κ1) is 18.0. The summed E-state index contributed by atoms with van der Waals surface area (Å²) in [4.78, 5) is 39.2. The maximum absolute atomic E-state index is 12.2. The molecule has 0 aliphatic carbocycles. The third-order valence-corrected chi connectivity index (χ3v) is 4.13. The molecule has 1 aliphatic heterocycles. The van der Waals surface area contributed by atoms with Crippen molar-refractivity contribution in [3.63, 3.8) is 0 Å². The Hall–Kier alpha value is -2.37. The lowest BCUT2D eigenvalue weighted by atomic mass is 10.1. The van der Waals surface area contributed by atoms with E-state index in [4.69, 9.17) is 4.74 Å². The van der Waals surface area contributed by atoms with Crippen molar-refractivity contribution < 1.29 is 19.1 Å². The summed E-state index contributed by atoms with van der Waals surface area (Å²) in [6, 6.07) is 5.03. The zero-order chi connectivity index (χ0) is 17.7. The van der Waals surface area contributed by atoms with Crippen molar-refractivity contribution in [1.82, 2.24) is 4.90 Å². The number of fused-ring (bicyclic) bond motifs is 1. The largest absolute Gasteiger partial charge is 0.482 e. The Labute approximate surface area is 142 Å². The SMILES string of the molecule is CCCCN(C)C(=O)CCN1C(=O)COc2ccc(C(C)=O)cc21. The summed E-state index contributed by atoms with van der Waals surface area (Å²) >= 11 is 0. The van der Waals surface area contributed by atoms with Crippen LogP contribution in [0.2, 0.25) is 0 Å². The van der Waals surface area contributed by atoms with Gasteiger partial charge in [-0.25, -0.2) is 0 Å². The first-order valence-electron chi connectivity index (χ1n) is 8.26. The number of anilines is 1. The Kier molecular flexibility index (Phi) is 5.95. The van der Waals surface area contributed by atoms with Crippen LogP contribution in [-0.4, -0.2) is 49.2 Å². The normalized spacial score (nSPS) is 13.3. The molecule has 0 unspecified atom stereocenters. The first-order valence-corrected chi connectivity index (χ1v) is 8.26. The second-order valence-corrected chi connectivity index (χ2v) is 5.99. The van der Waals surface area contributed by atoms with Crippen LogP contribution in [0.1, 0.15) is 43.5 Å². The highest BCUT2D eigenvalue weighted by Crippen LogP contribution is 2.33. The van der Waals surface area contributed by atoms with E-state index in [0.29, 0.717) is 17.0 Å². The predicted octanol–water partition coefficient (Wildman–Crippen LogP) is 2.26. The number of hydrogen-bond donors (Lipinski definition) is 0. The van der Waals surface area contributed by atoms with E-state index >= 15 is 0 Å². The molecule has 1 aliphatic rings. The van der Waals surface area contributed by atoms with Gasteiger partial charge in [0.15, 0.2) is 12.4 Å². The molecule has 1 heterocycles. The topological polar surface area (TPSA) is 66.9 Å². The lowest BCUT2D eigenvalue weighted by Crippen LogP contribution is -2.41. The van der Waals surface area contributed by atoms with E-state index in [-0.39, 0.29) is 37.2 Å². The number of hydrogen-bond acceptors (Lipinski definition) is 4. The van der Waals surface area contributed by atoms with Crippen LogP contribution in [0.3, 0.4) is 0 Å². The fraction of sp³-hybridized carbons (Fsp3) is 0.500. The van der Waals surface area contributed by atoms with Gasteiger partial charge in [0, 0.05) is 32.1 Å². The van der Waals surface area contributed by atoms with E-state index in [9.17, 15) is 14.4 Å². The van der Waals surface area contributed by atoms with E-state index in [1.807, 2.05) is 0 Å². The molecule has 24 heavy (non-hydrogen) atoms. The van der Waals surface area contributed by atoms with Crippen LogP contribution in [0.15, 0.2) is 18.2 Å². The summed E-state index contributed by atoms with van der Waals surface area (Å²) in [6.45, 7) is 4.51. The van der Waals surface area contributed by atoms with Crippen LogP contribution in [0.5, 0.6) is 5.75 Å². The van der Waals surface area contributed by atoms with Crippen molar-refractivity contribution in [2.24, 2.45) is 0 Å². The van der Waals surface area contributed by atoms with Crippen molar-refractivity contribution in [1.29, 1.82) is 0 Å². The third-order valence-electron chi connectivity index (χ3n) is 4.13. The molecule has 0 fully saturated rings. The molecular weight excluding hydrogens is 308 g/mol. The minimum absolute atomic E-state index is 0.00649. The van der Waals surface area contributed by atoms with Crippen molar-refractivity contribution in [2.75, 3.05) is 31.6 Å². The van der Waals surface area contributed by atoms with Gasteiger partial charge in [-0.1, -0.05) is 13.3 Å². The Morgan fingerprint density at radius 3 is 2.75 bits per heavy atom. The van der Waals surface area contributed by atoms with Crippen LogP contribution < -0.4 is 9.64 Å². The number of rotatable bonds is 7. The number of unbranched alkanes of at least 4 members (excludes halogenated alkanes) is 1. The summed E-state index contributed by atoms with van der Waals surface area (Å²) in [5.41, 5.74) is 1.08. The highest BCUT2D eigenvalue weighted by molar-refractivity contribution is 6.01. The van der Waals surface area contributed by atoms with Crippen molar-refractivity contribution in [2.45, 2.75) is 33.1 Å². The predicted molar refractivity (Wildman–Crippen MR) is 91.5 cm³/mol. The molecular formula is C18H24N2O4. The lowest BCUT2D eigenvalue weighted by molar-refractivity contribution is -0.129. The van der Waals surface area contributed by atoms with Gasteiger partial charge >= 0.3 is 0 Å². The van der Waals surface area contributed by atoms with E-state index < -0.39 is 0 Å².